The Kier molecular flexibility index (Phi) is 6.79. The molecule has 1 fully saturated rings. The third kappa shape index (κ3) is 5.64. The maximum Gasteiger partial charge on any atom is 0.240 e. The van der Waals surface area contributed by atoms with E-state index < -0.39 is 0 Å². The highest BCUT2D eigenvalue weighted by Crippen LogP contribution is 2.23. The second kappa shape index (κ2) is 8.83. The molecule has 1 unspecified atom stereocenters. The first-order valence-electron chi connectivity index (χ1n) is 8.35. The minimum Gasteiger partial charge on any atom is -0.326 e. The summed E-state index contributed by atoms with van der Waals surface area (Å²) < 4.78 is 0. The minimum absolute atomic E-state index is 0.109. The third-order valence-corrected chi connectivity index (χ3v) is 4.62. The molecule has 130 valence electrons. The van der Waals surface area contributed by atoms with E-state index in [1.165, 1.54) is 6.42 Å². The van der Waals surface area contributed by atoms with Gasteiger partial charge in [-0.25, -0.2) is 5.43 Å². The number of benzene rings is 1. The number of anilines is 1. The summed E-state index contributed by atoms with van der Waals surface area (Å²) in [5.74, 6) is 0.175. The number of carbonyl (C=O) groups excluding carboxylic acids is 2. The number of nitrogens with one attached hydrogen (secondary N) is 2. The van der Waals surface area contributed by atoms with E-state index in [1.54, 1.807) is 18.2 Å². The molecular weight excluding hydrogens is 326 g/mol. The van der Waals surface area contributed by atoms with Gasteiger partial charge in [0.2, 0.25) is 11.8 Å². The fourth-order valence-corrected chi connectivity index (χ4v) is 2.92. The maximum atomic E-state index is 12.0. The smallest absolute Gasteiger partial charge is 0.240 e. The molecule has 1 saturated carbocycles. The summed E-state index contributed by atoms with van der Waals surface area (Å²) in [6.45, 7) is 4.03. The number of nitrogens with zero attached hydrogens (tertiary/aromatic N) is 1. The molecule has 5 nitrogen and oxygen atoms in total. The zero-order valence-corrected chi connectivity index (χ0v) is 14.9. The molecule has 0 aliphatic heterocycles. The van der Waals surface area contributed by atoms with E-state index in [2.05, 4.69) is 22.8 Å². The molecule has 0 bridgehead atoms. The van der Waals surface area contributed by atoms with E-state index in [9.17, 15) is 9.59 Å². The molecule has 1 atom stereocenters. The summed E-state index contributed by atoms with van der Waals surface area (Å²) in [6.07, 6.45) is 4.44. The lowest BCUT2D eigenvalue weighted by Crippen LogP contribution is -2.23. The van der Waals surface area contributed by atoms with Gasteiger partial charge in [0.25, 0.3) is 0 Å². The lowest BCUT2D eigenvalue weighted by molar-refractivity contribution is -0.124. The molecule has 1 aromatic carbocycles. The minimum atomic E-state index is -0.237. The Balaban J connectivity index is 1.76. The normalized spacial score (nSPS) is 19.1. The van der Waals surface area contributed by atoms with Gasteiger partial charge in [0.05, 0.1) is 0 Å². The number of rotatable bonds is 5. The van der Waals surface area contributed by atoms with Crippen LogP contribution >= 0.6 is 11.6 Å². The molecule has 6 heteroatoms. The predicted octanol–water partition coefficient (Wildman–Crippen LogP) is 4.05. The van der Waals surface area contributed by atoms with Crippen molar-refractivity contribution in [3.05, 3.63) is 28.8 Å². The lowest BCUT2D eigenvalue weighted by Gasteiger charge is -2.18. The van der Waals surface area contributed by atoms with Crippen molar-refractivity contribution in [3.8, 4) is 0 Å². The second-order valence-corrected chi connectivity index (χ2v) is 6.78. The molecule has 0 heterocycles. The number of halogens is 1. The van der Waals surface area contributed by atoms with Gasteiger partial charge in [-0.1, -0.05) is 24.6 Å². The van der Waals surface area contributed by atoms with Gasteiger partial charge in [-0.15, -0.1) is 0 Å². The fraction of sp³-hybridized carbons (Fsp3) is 0.500. The summed E-state index contributed by atoms with van der Waals surface area (Å²) in [5.41, 5.74) is 5.09. The summed E-state index contributed by atoms with van der Waals surface area (Å²) >= 11 is 6.02. The van der Waals surface area contributed by atoms with Crippen LogP contribution in [0.1, 0.15) is 51.0 Å². The highest BCUT2D eigenvalue weighted by molar-refractivity contribution is 6.31. The first kappa shape index (κ1) is 18.5. The van der Waals surface area contributed by atoms with Crippen molar-refractivity contribution in [3.63, 3.8) is 0 Å². The molecule has 1 aliphatic rings. The highest BCUT2D eigenvalue weighted by Gasteiger charge is 2.14. The van der Waals surface area contributed by atoms with Crippen LogP contribution < -0.4 is 10.7 Å². The molecule has 1 aromatic rings. The molecule has 0 aromatic heterocycles. The quantitative estimate of drug-likeness (QED) is 0.787. The molecule has 2 N–H and O–H groups in total. The Bertz CT molecular complexity index is 643. The number of amides is 2. The zero-order chi connectivity index (χ0) is 17.5. The van der Waals surface area contributed by atoms with Crippen LogP contribution in [0.15, 0.2) is 23.3 Å². The van der Waals surface area contributed by atoms with Crippen molar-refractivity contribution in [2.45, 2.75) is 52.4 Å². The maximum absolute atomic E-state index is 12.0. The van der Waals surface area contributed by atoms with Crippen LogP contribution in [-0.2, 0) is 9.59 Å². The molecule has 2 rings (SSSR count). The van der Waals surface area contributed by atoms with Crippen molar-refractivity contribution < 1.29 is 9.59 Å². The van der Waals surface area contributed by atoms with E-state index in [1.807, 2.05) is 6.92 Å². The van der Waals surface area contributed by atoms with Crippen LogP contribution in [-0.4, -0.2) is 17.5 Å². The number of carbonyl (C=O) groups is 2. The van der Waals surface area contributed by atoms with Gasteiger partial charge in [-0.3, -0.25) is 9.59 Å². The molecule has 24 heavy (non-hydrogen) atoms. The number of hydrogen-bond acceptors (Lipinski definition) is 3. The summed E-state index contributed by atoms with van der Waals surface area (Å²) in [7, 11) is 0. The van der Waals surface area contributed by atoms with E-state index in [-0.39, 0.29) is 24.7 Å². The Labute approximate surface area is 147 Å². The van der Waals surface area contributed by atoms with Crippen molar-refractivity contribution in [2.75, 3.05) is 5.32 Å². The fourth-order valence-electron chi connectivity index (χ4n) is 2.74. The van der Waals surface area contributed by atoms with E-state index in [0.29, 0.717) is 16.6 Å². The van der Waals surface area contributed by atoms with E-state index in [4.69, 9.17) is 11.6 Å². The predicted molar refractivity (Wildman–Crippen MR) is 97.3 cm³/mol. The molecule has 1 aliphatic carbocycles. The molecular formula is C18H24ClN3O2. The topological polar surface area (TPSA) is 70.6 Å². The third-order valence-electron chi connectivity index (χ3n) is 4.21. The van der Waals surface area contributed by atoms with Gasteiger partial charge < -0.3 is 5.32 Å². The number of hydrogen-bond donors (Lipinski definition) is 2. The van der Waals surface area contributed by atoms with Crippen molar-refractivity contribution >= 4 is 34.8 Å². The van der Waals surface area contributed by atoms with Crippen LogP contribution in [0.2, 0.25) is 5.02 Å². The Morgan fingerprint density at radius 1 is 1.29 bits per heavy atom. The lowest BCUT2D eigenvalue weighted by atomic mass is 9.89. The second-order valence-electron chi connectivity index (χ2n) is 6.38. The number of hydrazone groups is 1. The van der Waals surface area contributed by atoms with E-state index in [0.717, 1.165) is 30.5 Å². The first-order chi connectivity index (χ1) is 11.5. The summed E-state index contributed by atoms with van der Waals surface area (Å²) in [6, 6.07) is 5.33. The van der Waals surface area contributed by atoms with Crippen LogP contribution in [0.25, 0.3) is 0 Å². The van der Waals surface area contributed by atoms with Crippen molar-refractivity contribution in [2.24, 2.45) is 11.0 Å². The van der Waals surface area contributed by atoms with Gasteiger partial charge in [-0.2, -0.15) is 5.10 Å². The summed E-state index contributed by atoms with van der Waals surface area (Å²) in [5, 5.41) is 7.57. The van der Waals surface area contributed by atoms with Crippen molar-refractivity contribution in [1.82, 2.24) is 5.43 Å². The van der Waals surface area contributed by atoms with Crippen LogP contribution in [0.5, 0.6) is 0 Å². The Morgan fingerprint density at radius 2 is 2.04 bits per heavy atom. The van der Waals surface area contributed by atoms with Gasteiger partial charge >= 0.3 is 0 Å². The standard InChI is InChI=1S/C18H24ClN3O2/c1-12-5-3-6-14(11-12)21-22-18(24)10-9-17(23)20-16-8-4-7-15(19)13(16)2/h4,7-8,12H,3,5-6,9-11H2,1-2H3,(H,20,23)(H,22,24). The van der Waals surface area contributed by atoms with Crippen LogP contribution in [0.3, 0.4) is 0 Å². The monoisotopic (exact) mass is 349 g/mol. The summed E-state index contributed by atoms with van der Waals surface area (Å²) in [4.78, 5) is 23.8. The largest absolute Gasteiger partial charge is 0.326 e. The van der Waals surface area contributed by atoms with Gasteiger partial charge in [0.15, 0.2) is 0 Å². The van der Waals surface area contributed by atoms with Crippen LogP contribution in [0.4, 0.5) is 5.69 Å². The SMILES string of the molecule is Cc1c(Cl)cccc1NC(=O)CCC(=O)NN=C1CCCC(C)C1. The first-order valence-corrected chi connectivity index (χ1v) is 8.72. The molecule has 0 radical (unpaired) electrons. The molecule has 0 spiro atoms. The zero-order valence-electron chi connectivity index (χ0n) is 14.2. The Morgan fingerprint density at radius 3 is 2.79 bits per heavy atom. The highest BCUT2D eigenvalue weighted by atomic mass is 35.5. The Hall–Kier alpha value is -1.88. The average Bonchev–Trinajstić information content (AvgIpc) is 2.55. The molecule has 0 saturated heterocycles. The van der Waals surface area contributed by atoms with Crippen LogP contribution in [0, 0.1) is 12.8 Å². The average molecular weight is 350 g/mol. The van der Waals surface area contributed by atoms with Crippen molar-refractivity contribution in [1.29, 1.82) is 0 Å². The van der Waals surface area contributed by atoms with Gasteiger partial charge in [0, 0.05) is 29.3 Å². The van der Waals surface area contributed by atoms with Gasteiger partial charge in [0.1, 0.15) is 0 Å². The molecule has 2 amide bonds. The van der Waals surface area contributed by atoms with Gasteiger partial charge in [-0.05, 0) is 56.2 Å². The van der Waals surface area contributed by atoms with E-state index >= 15 is 0 Å².